The standard InChI is InChI=1S/C12H18ClN3OS2/c1-17-12-11(13)7-10(8-14-12)9-15-3-5-16(6-4-15)19(2)18/h7-8H,3-6,9H2,1-2H3. The Labute approximate surface area is 126 Å². The highest BCUT2D eigenvalue weighted by atomic mass is 35.5. The molecule has 1 saturated heterocycles. The van der Waals surface area contributed by atoms with E-state index in [4.69, 9.17) is 27.5 Å². The number of hydrogen-bond donors (Lipinski definition) is 0. The van der Waals surface area contributed by atoms with E-state index in [9.17, 15) is 0 Å². The maximum absolute atomic E-state index is 6.09. The summed E-state index contributed by atoms with van der Waals surface area (Å²) in [6.45, 7) is 5.04. The molecule has 1 aliphatic rings. The quantitative estimate of drug-likeness (QED) is 0.838. The first kappa shape index (κ1) is 15.1. The van der Waals surface area contributed by atoms with Crippen LogP contribution in [0, 0.1) is 0 Å². The summed E-state index contributed by atoms with van der Waals surface area (Å²) in [6.07, 6.45) is 3.92. The smallest absolute Gasteiger partial charge is 0.232 e. The van der Waals surface area contributed by atoms with Crippen LogP contribution in [0.25, 0.3) is 0 Å². The molecular weight excluding hydrogens is 302 g/mol. The molecule has 1 aromatic heterocycles. The van der Waals surface area contributed by atoms with Gasteiger partial charge in [-0.2, -0.15) is 0 Å². The third-order valence-electron chi connectivity index (χ3n) is 3.16. The lowest BCUT2D eigenvalue weighted by Crippen LogP contribution is -2.45. The van der Waals surface area contributed by atoms with Crippen molar-refractivity contribution in [2.45, 2.75) is 6.54 Å². The van der Waals surface area contributed by atoms with E-state index in [1.54, 1.807) is 7.11 Å². The minimum Gasteiger partial charge on any atom is -0.480 e. The molecule has 4 nitrogen and oxygen atoms in total. The fraction of sp³-hybridized carbons (Fsp3) is 0.583. The van der Waals surface area contributed by atoms with Crippen molar-refractivity contribution >= 4 is 32.4 Å². The second-order valence-corrected chi connectivity index (χ2v) is 7.68. The zero-order valence-electron chi connectivity index (χ0n) is 11.1. The van der Waals surface area contributed by atoms with E-state index < -0.39 is 0 Å². The van der Waals surface area contributed by atoms with Crippen LogP contribution in [-0.4, -0.2) is 53.7 Å². The van der Waals surface area contributed by atoms with Gasteiger partial charge in [0.05, 0.1) is 7.11 Å². The highest BCUT2D eigenvalue weighted by Gasteiger charge is 2.18. The van der Waals surface area contributed by atoms with Crippen molar-refractivity contribution in [1.82, 2.24) is 14.2 Å². The third-order valence-corrected chi connectivity index (χ3v) is 5.15. The van der Waals surface area contributed by atoms with Gasteiger partial charge in [0.15, 0.2) is 0 Å². The van der Waals surface area contributed by atoms with Crippen LogP contribution in [0.3, 0.4) is 0 Å². The minimum atomic E-state index is -0.0314. The molecule has 19 heavy (non-hydrogen) atoms. The number of hydrogen-bond acceptors (Lipinski definition) is 4. The lowest BCUT2D eigenvalue weighted by molar-refractivity contribution is 0.188. The summed E-state index contributed by atoms with van der Waals surface area (Å²) < 4.78 is 7.41. The molecule has 0 saturated carbocycles. The Morgan fingerprint density at radius 2 is 2.11 bits per heavy atom. The van der Waals surface area contributed by atoms with Gasteiger partial charge >= 0.3 is 0 Å². The highest BCUT2D eigenvalue weighted by Crippen LogP contribution is 2.22. The zero-order valence-corrected chi connectivity index (χ0v) is 13.5. The Morgan fingerprint density at radius 1 is 1.42 bits per heavy atom. The van der Waals surface area contributed by atoms with E-state index in [2.05, 4.69) is 20.4 Å². The first-order valence-corrected chi connectivity index (χ1v) is 8.98. The minimum absolute atomic E-state index is 0.0314. The van der Waals surface area contributed by atoms with Gasteiger partial charge in [-0.05, 0) is 22.8 Å². The van der Waals surface area contributed by atoms with Gasteiger partial charge in [0, 0.05) is 45.2 Å². The second-order valence-electron chi connectivity index (χ2n) is 4.46. The van der Waals surface area contributed by atoms with E-state index in [-0.39, 0.29) is 9.64 Å². The number of pyridine rings is 1. The average molecular weight is 320 g/mol. The Balaban J connectivity index is 1.92. The Bertz CT molecular complexity index is 464. The van der Waals surface area contributed by atoms with Crippen molar-refractivity contribution in [3.05, 3.63) is 22.8 Å². The predicted molar refractivity (Wildman–Crippen MR) is 83.3 cm³/mol. The summed E-state index contributed by atoms with van der Waals surface area (Å²) in [5.74, 6) is 0.483. The summed E-state index contributed by atoms with van der Waals surface area (Å²) in [4.78, 5) is 6.60. The molecule has 2 heterocycles. The predicted octanol–water partition coefficient (Wildman–Crippen LogP) is 1.49. The molecule has 0 bridgehead atoms. The maximum Gasteiger partial charge on any atom is 0.232 e. The molecule has 1 aliphatic heterocycles. The van der Waals surface area contributed by atoms with Gasteiger partial charge in [-0.3, -0.25) is 4.90 Å². The number of ether oxygens (including phenoxy) is 1. The van der Waals surface area contributed by atoms with Crippen LogP contribution in [0.15, 0.2) is 12.3 Å². The van der Waals surface area contributed by atoms with E-state index in [0.29, 0.717) is 10.9 Å². The fourth-order valence-corrected chi connectivity index (χ4v) is 3.50. The SMILES string of the molecule is COc1ncc(CN2CCN(S(C)=S)CC2)cc1Cl. The number of aromatic nitrogens is 1. The van der Waals surface area contributed by atoms with Gasteiger partial charge < -0.3 is 4.74 Å². The summed E-state index contributed by atoms with van der Waals surface area (Å²) in [7, 11) is 1.54. The van der Waals surface area contributed by atoms with E-state index in [1.807, 2.05) is 12.3 Å². The van der Waals surface area contributed by atoms with Crippen LogP contribution in [0.1, 0.15) is 5.56 Å². The summed E-state index contributed by atoms with van der Waals surface area (Å²) in [5.41, 5.74) is 1.12. The maximum atomic E-state index is 6.09. The fourth-order valence-electron chi connectivity index (χ4n) is 2.10. The number of nitrogens with zero attached hydrogens (tertiary/aromatic N) is 3. The molecule has 1 atom stereocenters. The Kier molecular flexibility index (Phi) is 5.53. The first-order valence-electron chi connectivity index (χ1n) is 6.09. The van der Waals surface area contributed by atoms with Gasteiger partial charge in [0.1, 0.15) is 5.02 Å². The number of halogens is 1. The highest BCUT2D eigenvalue weighted by molar-refractivity contribution is 8.27. The van der Waals surface area contributed by atoms with Gasteiger partial charge in [-0.15, -0.1) is 0 Å². The van der Waals surface area contributed by atoms with Crippen LogP contribution >= 0.6 is 11.6 Å². The van der Waals surface area contributed by atoms with E-state index >= 15 is 0 Å². The van der Waals surface area contributed by atoms with E-state index in [0.717, 1.165) is 38.3 Å². The number of methoxy groups -OCH3 is 1. The molecule has 0 amide bonds. The molecule has 2 rings (SSSR count). The van der Waals surface area contributed by atoms with Crippen LogP contribution in [0.5, 0.6) is 5.88 Å². The summed E-state index contributed by atoms with van der Waals surface area (Å²) in [5, 5.41) is 0.569. The van der Waals surface area contributed by atoms with Gasteiger partial charge in [-0.1, -0.05) is 21.2 Å². The molecule has 0 aromatic carbocycles. The Morgan fingerprint density at radius 3 is 2.63 bits per heavy atom. The molecule has 1 unspecified atom stereocenters. The largest absolute Gasteiger partial charge is 0.480 e. The normalized spacial score (nSPS) is 19.3. The van der Waals surface area contributed by atoms with Crippen molar-refractivity contribution in [3.63, 3.8) is 0 Å². The topological polar surface area (TPSA) is 28.6 Å². The lowest BCUT2D eigenvalue weighted by Gasteiger charge is -2.34. The van der Waals surface area contributed by atoms with Crippen LogP contribution in [0.4, 0.5) is 0 Å². The van der Waals surface area contributed by atoms with Crippen LogP contribution in [-0.2, 0) is 27.4 Å². The molecular formula is C12H18ClN3OS2. The third kappa shape index (κ3) is 4.10. The second kappa shape index (κ2) is 6.95. The van der Waals surface area contributed by atoms with Crippen molar-refractivity contribution in [2.24, 2.45) is 0 Å². The number of piperazine rings is 1. The van der Waals surface area contributed by atoms with Crippen molar-refractivity contribution in [2.75, 3.05) is 39.5 Å². The van der Waals surface area contributed by atoms with Crippen LogP contribution in [0.2, 0.25) is 5.02 Å². The zero-order chi connectivity index (χ0) is 13.8. The molecule has 7 heteroatoms. The number of rotatable bonds is 4. The molecule has 0 N–H and O–H groups in total. The first-order chi connectivity index (χ1) is 9.10. The van der Waals surface area contributed by atoms with Crippen molar-refractivity contribution in [3.8, 4) is 5.88 Å². The monoisotopic (exact) mass is 319 g/mol. The lowest BCUT2D eigenvalue weighted by atomic mass is 10.2. The van der Waals surface area contributed by atoms with E-state index in [1.165, 1.54) is 0 Å². The average Bonchev–Trinajstić information content (AvgIpc) is 2.39. The summed E-state index contributed by atoms with van der Waals surface area (Å²) >= 11 is 11.4. The molecule has 106 valence electrons. The molecule has 0 aliphatic carbocycles. The molecule has 0 spiro atoms. The molecule has 1 aromatic rings. The van der Waals surface area contributed by atoms with Gasteiger partial charge in [0.2, 0.25) is 5.88 Å². The van der Waals surface area contributed by atoms with Gasteiger partial charge in [0.25, 0.3) is 0 Å². The van der Waals surface area contributed by atoms with Gasteiger partial charge in [-0.25, -0.2) is 9.29 Å². The summed E-state index contributed by atoms with van der Waals surface area (Å²) in [6, 6.07) is 1.93. The molecule has 0 radical (unpaired) electrons. The Hall–Kier alpha value is -0.270. The van der Waals surface area contributed by atoms with Crippen LogP contribution < -0.4 is 4.74 Å². The molecule has 1 fully saturated rings. The van der Waals surface area contributed by atoms with Crippen molar-refractivity contribution < 1.29 is 4.74 Å². The van der Waals surface area contributed by atoms with Crippen molar-refractivity contribution in [1.29, 1.82) is 0 Å².